The van der Waals surface area contributed by atoms with Crippen LogP contribution in [0.15, 0.2) is 40.2 Å². The summed E-state index contributed by atoms with van der Waals surface area (Å²) in [6.45, 7) is 0. The van der Waals surface area contributed by atoms with Gasteiger partial charge in [-0.1, -0.05) is 6.07 Å². The molecule has 0 atom stereocenters. The molecule has 0 aliphatic carbocycles. The lowest BCUT2D eigenvalue weighted by atomic mass is 10.1. The van der Waals surface area contributed by atoms with E-state index in [4.69, 9.17) is 0 Å². The van der Waals surface area contributed by atoms with E-state index in [-0.39, 0.29) is 5.56 Å². The van der Waals surface area contributed by atoms with E-state index in [1.165, 1.54) is 0 Å². The van der Waals surface area contributed by atoms with Crippen molar-refractivity contribution in [1.29, 1.82) is 0 Å². The number of aromatic amines is 2. The molecule has 3 rings (SSSR count). The average Bonchev–Trinajstić information content (AvgIpc) is 2.28. The molecule has 2 N–H and O–H groups in total. The number of aromatic nitrogens is 3. The number of H-pyrrole nitrogens is 2. The van der Waals surface area contributed by atoms with Crippen molar-refractivity contribution in [3.8, 4) is 0 Å². The molecular formula is C11H7N3O2. The molecule has 0 aliphatic heterocycles. The predicted molar refractivity (Wildman–Crippen MR) is 60.5 cm³/mol. The van der Waals surface area contributed by atoms with Crippen LogP contribution in [0.3, 0.4) is 0 Å². The van der Waals surface area contributed by atoms with Gasteiger partial charge in [-0.05, 0) is 12.1 Å². The van der Waals surface area contributed by atoms with Gasteiger partial charge < -0.3 is 4.98 Å². The average molecular weight is 213 g/mol. The first kappa shape index (κ1) is 8.84. The van der Waals surface area contributed by atoms with E-state index in [2.05, 4.69) is 15.0 Å². The molecule has 0 saturated carbocycles. The number of pyridine rings is 1. The van der Waals surface area contributed by atoms with Gasteiger partial charge >= 0.3 is 5.69 Å². The number of fused-ring (bicyclic) bond motifs is 3. The lowest BCUT2D eigenvalue weighted by Crippen LogP contribution is -2.21. The van der Waals surface area contributed by atoms with E-state index < -0.39 is 5.69 Å². The van der Waals surface area contributed by atoms with Crippen LogP contribution in [0, 0.1) is 0 Å². The lowest BCUT2D eigenvalue weighted by Gasteiger charge is -2.01. The molecule has 78 valence electrons. The molecule has 0 radical (unpaired) electrons. The molecule has 5 nitrogen and oxygen atoms in total. The third-order valence-corrected chi connectivity index (χ3v) is 2.53. The molecule has 2 aromatic heterocycles. The van der Waals surface area contributed by atoms with Crippen molar-refractivity contribution >= 4 is 21.7 Å². The number of nitrogens with zero attached hydrogens (tertiary/aromatic N) is 1. The molecule has 0 unspecified atom stereocenters. The zero-order valence-electron chi connectivity index (χ0n) is 8.15. The Bertz CT molecular complexity index is 801. The number of hydrogen-bond acceptors (Lipinski definition) is 3. The number of benzene rings is 1. The van der Waals surface area contributed by atoms with Crippen molar-refractivity contribution in [1.82, 2.24) is 15.0 Å². The van der Waals surface area contributed by atoms with Gasteiger partial charge in [0.15, 0.2) is 0 Å². The zero-order chi connectivity index (χ0) is 11.1. The Labute approximate surface area is 88.8 Å². The molecule has 0 aliphatic rings. The largest absolute Gasteiger partial charge is 0.326 e. The molecule has 0 fully saturated rings. The summed E-state index contributed by atoms with van der Waals surface area (Å²) in [5.74, 6) is 0. The third-order valence-electron chi connectivity index (χ3n) is 2.53. The Kier molecular flexibility index (Phi) is 1.67. The fourth-order valence-electron chi connectivity index (χ4n) is 1.81. The summed E-state index contributed by atoms with van der Waals surface area (Å²) in [5, 5.41) is 2.17. The first-order valence-electron chi connectivity index (χ1n) is 4.75. The molecule has 16 heavy (non-hydrogen) atoms. The van der Waals surface area contributed by atoms with Gasteiger partial charge in [0, 0.05) is 23.2 Å². The fraction of sp³-hybridized carbons (Fsp3) is 0. The summed E-state index contributed by atoms with van der Waals surface area (Å²) in [6, 6.07) is 5.25. The SMILES string of the molecule is O=c1[nH]c(=O)c2ccc3cnccc3c2[nH]1. The second kappa shape index (κ2) is 3.03. The lowest BCUT2D eigenvalue weighted by molar-refractivity contribution is 1.08. The van der Waals surface area contributed by atoms with Crippen molar-refractivity contribution in [3.63, 3.8) is 0 Å². The van der Waals surface area contributed by atoms with Crippen LogP contribution in [0.1, 0.15) is 0 Å². The van der Waals surface area contributed by atoms with E-state index in [1.54, 1.807) is 30.6 Å². The van der Waals surface area contributed by atoms with Gasteiger partial charge in [0.2, 0.25) is 0 Å². The second-order valence-electron chi connectivity index (χ2n) is 3.49. The molecule has 3 aromatic rings. The first-order valence-corrected chi connectivity index (χ1v) is 4.75. The van der Waals surface area contributed by atoms with Gasteiger partial charge in [-0.15, -0.1) is 0 Å². The molecule has 5 heteroatoms. The molecule has 2 heterocycles. The van der Waals surface area contributed by atoms with Crippen LogP contribution >= 0.6 is 0 Å². The summed E-state index contributed by atoms with van der Waals surface area (Å²) < 4.78 is 0. The van der Waals surface area contributed by atoms with Crippen molar-refractivity contribution in [2.75, 3.05) is 0 Å². The van der Waals surface area contributed by atoms with Crippen LogP contribution in [0.2, 0.25) is 0 Å². The van der Waals surface area contributed by atoms with E-state index in [1.807, 2.05) is 0 Å². The maximum atomic E-state index is 11.6. The third kappa shape index (κ3) is 1.15. The Hall–Kier alpha value is -2.43. The standard InChI is InChI=1S/C11H7N3O2/c15-10-8-2-1-6-5-12-4-3-7(6)9(8)13-11(16)14-10/h1-5H,(H2,13,14,15,16). The van der Waals surface area contributed by atoms with Crippen LogP contribution in [-0.4, -0.2) is 15.0 Å². The van der Waals surface area contributed by atoms with Crippen LogP contribution < -0.4 is 11.2 Å². The van der Waals surface area contributed by atoms with Crippen molar-refractivity contribution in [2.24, 2.45) is 0 Å². The molecule has 0 spiro atoms. The van der Waals surface area contributed by atoms with Crippen molar-refractivity contribution in [3.05, 3.63) is 51.4 Å². The number of rotatable bonds is 0. The topological polar surface area (TPSA) is 78.6 Å². The molecular weight excluding hydrogens is 206 g/mol. The van der Waals surface area contributed by atoms with Crippen LogP contribution in [-0.2, 0) is 0 Å². The van der Waals surface area contributed by atoms with Crippen molar-refractivity contribution in [2.45, 2.75) is 0 Å². The normalized spacial score (nSPS) is 11.0. The minimum absolute atomic E-state index is 0.377. The predicted octanol–water partition coefficient (Wildman–Crippen LogP) is 0.765. The quantitative estimate of drug-likeness (QED) is 0.541. The van der Waals surface area contributed by atoms with Gasteiger partial charge in [-0.2, -0.15) is 0 Å². The maximum Gasteiger partial charge on any atom is 0.326 e. The Morgan fingerprint density at radius 3 is 2.75 bits per heavy atom. The van der Waals surface area contributed by atoms with Crippen LogP contribution in [0.4, 0.5) is 0 Å². The highest BCUT2D eigenvalue weighted by Crippen LogP contribution is 2.19. The van der Waals surface area contributed by atoms with Gasteiger partial charge in [0.05, 0.1) is 10.9 Å². The van der Waals surface area contributed by atoms with Gasteiger partial charge in [0.1, 0.15) is 0 Å². The minimum atomic E-state index is -0.498. The first-order chi connectivity index (χ1) is 7.75. The van der Waals surface area contributed by atoms with Gasteiger partial charge in [-0.3, -0.25) is 14.8 Å². The van der Waals surface area contributed by atoms with Crippen LogP contribution in [0.5, 0.6) is 0 Å². The monoisotopic (exact) mass is 213 g/mol. The summed E-state index contributed by atoms with van der Waals surface area (Å²) in [6.07, 6.45) is 3.32. The number of hydrogen-bond donors (Lipinski definition) is 2. The highest BCUT2D eigenvalue weighted by molar-refractivity contribution is 6.04. The van der Waals surface area contributed by atoms with E-state index in [0.717, 1.165) is 10.8 Å². The van der Waals surface area contributed by atoms with E-state index in [0.29, 0.717) is 10.9 Å². The van der Waals surface area contributed by atoms with Gasteiger partial charge in [0.25, 0.3) is 5.56 Å². The van der Waals surface area contributed by atoms with E-state index in [9.17, 15) is 9.59 Å². The highest BCUT2D eigenvalue weighted by Gasteiger charge is 2.04. The molecule has 0 saturated heterocycles. The summed E-state index contributed by atoms with van der Waals surface area (Å²) >= 11 is 0. The highest BCUT2D eigenvalue weighted by atomic mass is 16.2. The Morgan fingerprint density at radius 1 is 1.00 bits per heavy atom. The summed E-state index contributed by atoms with van der Waals surface area (Å²) in [7, 11) is 0. The van der Waals surface area contributed by atoms with E-state index >= 15 is 0 Å². The smallest absolute Gasteiger partial charge is 0.306 e. The maximum absolute atomic E-state index is 11.6. The van der Waals surface area contributed by atoms with Crippen molar-refractivity contribution < 1.29 is 0 Å². The minimum Gasteiger partial charge on any atom is -0.306 e. The Morgan fingerprint density at radius 2 is 1.88 bits per heavy atom. The summed E-state index contributed by atoms with van der Waals surface area (Å²) in [5.41, 5.74) is -0.326. The molecule has 1 aromatic carbocycles. The zero-order valence-corrected chi connectivity index (χ0v) is 8.15. The Balaban J connectivity index is 2.70. The fourth-order valence-corrected chi connectivity index (χ4v) is 1.81. The van der Waals surface area contributed by atoms with Crippen LogP contribution in [0.25, 0.3) is 21.7 Å². The number of nitrogens with one attached hydrogen (secondary N) is 2. The molecule has 0 bridgehead atoms. The second-order valence-corrected chi connectivity index (χ2v) is 3.49. The van der Waals surface area contributed by atoms with Gasteiger partial charge in [-0.25, -0.2) is 4.79 Å². The summed E-state index contributed by atoms with van der Waals surface area (Å²) in [4.78, 5) is 31.6. The molecule has 0 amide bonds.